The second-order valence-corrected chi connectivity index (χ2v) is 8.41. The van der Waals surface area contributed by atoms with Crippen LogP contribution in [-0.2, 0) is 23.1 Å². The van der Waals surface area contributed by atoms with Crippen LogP contribution >= 0.6 is 11.6 Å². The van der Waals surface area contributed by atoms with Crippen molar-refractivity contribution in [3.8, 4) is 0 Å². The molecule has 1 heterocycles. The second-order valence-electron chi connectivity index (χ2n) is 6.10. The summed E-state index contributed by atoms with van der Waals surface area (Å²) in [6.07, 6.45) is 0. The van der Waals surface area contributed by atoms with Gasteiger partial charge in [-0.25, -0.2) is 12.8 Å². The fourth-order valence-electron chi connectivity index (χ4n) is 2.74. The van der Waals surface area contributed by atoms with Crippen LogP contribution in [0.15, 0.2) is 57.9 Å². The number of aryl methyl sites for hydroxylation is 2. The average molecular weight is 409 g/mol. The van der Waals surface area contributed by atoms with E-state index in [1.807, 2.05) is 0 Å². The fraction of sp³-hybridized carbons (Fsp3) is 0.211. The Hall–Kier alpha value is -2.22. The number of halogens is 2. The van der Waals surface area contributed by atoms with Gasteiger partial charge in [-0.1, -0.05) is 47.1 Å². The van der Waals surface area contributed by atoms with Crippen molar-refractivity contribution >= 4 is 21.6 Å². The topological polar surface area (TPSA) is 63.4 Å². The molecule has 0 aliphatic rings. The first-order valence-electron chi connectivity index (χ1n) is 8.20. The van der Waals surface area contributed by atoms with Gasteiger partial charge >= 0.3 is 0 Å². The van der Waals surface area contributed by atoms with Crippen LogP contribution in [0.5, 0.6) is 0 Å². The van der Waals surface area contributed by atoms with Gasteiger partial charge in [-0.3, -0.25) is 0 Å². The molecule has 27 heavy (non-hydrogen) atoms. The van der Waals surface area contributed by atoms with Crippen LogP contribution in [0.3, 0.4) is 0 Å². The molecule has 0 unspecified atom stereocenters. The molecule has 0 atom stereocenters. The second kappa shape index (κ2) is 7.80. The normalized spacial score (nSPS) is 11.9. The molecule has 0 saturated carbocycles. The summed E-state index contributed by atoms with van der Waals surface area (Å²) in [5.74, 6) is -0.291. The molecule has 142 valence electrons. The first-order chi connectivity index (χ1) is 12.8. The number of hydrogen-bond acceptors (Lipinski definition) is 4. The van der Waals surface area contributed by atoms with Crippen molar-refractivity contribution in [2.75, 3.05) is 0 Å². The van der Waals surface area contributed by atoms with Gasteiger partial charge in [-0.05, 0) is 37.6 Å². The molecule has 0 aliphatic heterocycles. The lowest BCUT2D eigenvalue weighted by Crippen LogP contribution is -2.31. The molecule has 1 aromatic heterocycles. The molecule has 0 radical (unpaired) electrons. The fourth-order valence-corrected chi connectivity index (χ4v) is 4.39. The van der Waals surface area contributed by atoms with E-state index in [0.717, 1.165) is 6.07 Å². The number of hydrogen-bond donors (Lipinski definition) is 0. The minimum Gasteiger partial charge on any atom is -0.361 e. The van der Waals surface area contributed by atoms with E-state index in [1.54, 1.807) is 38.1 Å². The molecule has 0 amide bonds. The largest absolute Gasteiger partial charge is 0.361 e. The number of nitrogens with zero attached hydrogens (tertiary/aromatic N) is 2. The molecule has 0 spiro atoms. The van der Waals surface area contributed by atoms with Crippen LogP contribution < -0.4 is 0 Å². The molecule has 0 aliphatic carbocycles. The van der Waals surface area contributed by atoms with E-state index in [4.69, 9.17) is 16.1 Å². The van der Waals surface area contributed by atoms with Gasteiger partial charge in [0.1, 0.15) is 16.5 Å². The van der Waals surface area contributed by atoms with Gasteiger partial charge < -0.3 is 4.52 Å². The van der Waals surface area contributed by atoms with Gasteiger partial charge in [0.05, 0.1) is 5.69 Å². The third kappa shape index (κ3) is 4.05. The minimum atomic E-state index is -4.13. The molecule has 0 fully saturated rings. The molecular weight excluding hydrogens is 391 g/mol. The lowest BCUT2D eigenvalue weighted by atomic mass is 10.2. The number of aromatic nitrogens is 1. The summed E-state index contributed by atoms with van der Waals surface area (Å²) in [5, 5.41) is 4.30. The van der Waals surface area contributed by atoms with Crippen LogP contribution in [0.25, 0.3) is 0 Å². The van der Waals surface area contributed by atoms with Crippen molar-refractivity contribution in [2.45, 2.75) is 31.8 Å². The van der Waals surface area contributed by atoms with E-state index in [9.17, 15) is 12.8 Å². The highest BCUT2D eigenvalue weighted by molar-refractivity contribution is 7.89. The maximum absolute atomic E-state index is 14.2. The Morgan fingerprint density at radius 3 is 2.37 bits per heavy atom. The Labute approximate surface area is 162 Å². The summed E-state index contributed by atoms with van der Waals surface area (Å²) in [6, 6.07) is 12.2. The van der Waals surface area contributed by atoms with Gasteiger partial charge in [0, 0.05) is 23.7 Å². The SMILES string of the molecule is Cc1noc(C)c1CN(Cc1ccccc1Cl)S(=O)(=O)c1ccccc1F. The van der Waals surface area contributed by atoms with Crippen molar-refractivity contribution in [3.63, 3.8) is 0 Å². The maximum Gasteiger partial charge on any atom is 0.246 e. The monoisotopic (exact) mass is 408 g/mol. The van der Waals surface area contributed by atoms with Crippen LogP contribution in [0.2, 0.25) is 5.02 Å². The first-order valence-corrected chi connectivity index (χ1v) is 10.0. The quantitative estimate of drug-likeness (QED) is 0.603. The van der Waals surface area contributed by atoms with E-state index < -0.39 is 15.8 Å². The molecule has 5 nitrogen and oxygen atoms in total. The summed E-state index contributed by atoms with van der Waals surface area (Å²) < 4.78 is 47.0. The van der Waals surface area contributed by atoms with E-state index in [-0.39, 0.29) is 18.0 Å². The predicted octanol–water partition coefficient (Wildman–Crippen LogP) is 4.48. The zero-order chi connectivity index (χ0) is 19.6. The molecule has 8 heteroatoms. The Bertz CT molecular complexity index is 1050. The molecular formula is C19H18ClFN2O3S. The highest BCUT2D eigenvalue weighted by atomic mass is 35.5. The Balaban J connectivity index is 2.07. The predicted molar refractivity (Wildman–Crippen MR) is 100 cm³/mol. The number of rotatable bonds is 6. The summed E-state index contributed by atoms with van der Waals surface area (Å²) in [5.41, 5.74) is 1.84. The van der Waals surface area contributed by atoms with Crippen LogP contribution in [-0.4, -0.2) is 17.9 Å². The van der Waals surface area contributed by atoms with E-state index in [0.29, 0.717) is 27.6 Å². The zero-order valence-electron chi connectivity index (χ0n) is 14.8. The van der Waals surface area contributed by atoms with Crippen molar-refractivity contribution in [1.82, 2.24) is 9.46 Å². The highest BCUT2D eigenvalue weighted by Crippen LogP contribution is 2.27. The van der Waals surface area contributed by atoms with Gasteiger partial charge in [0.25, 0.3) is 0 Å². The third-order valence-electron chi connectivity index (χ3n) is 4.27. The molecule has 0 bridgehead atoms. The summed E-state index contributed by atoms with van der Waals surface area (Å²) in [7, 11) is -4.13. The van der Waals surface area contributed by atoms with E-state index >= 15 is 0 Å². The van der Waals surface area contributed by atoms with Gasteiger partial charge in [-0.15, -0.1) is 0 Å². The molecule has 0 saturated heterocycles. The average Bonchev–Trinajstić information content (AvgIpc) is 2.95. The Morgan fingerprint density at radius 2 is 1.74 bits per heavy atom. The minimum absolute atomic E-state index is 0.0109. The van der Waals surface area contributed by atoms with Crippen LogP contribution in [0.4, 0.5) is 4.39 Å². The van der Waals surface area contributed by atoms with Crippen molar-refractivity contribution in [3.05, 3.63) is 82.0 Å². The summed E-state index contributed by atoms with van der Waals surface area (Å²) >= 11 is 6.21. The number of benzene rings is 2. The zero-order valence-corrected chi connectivity index (χ0v) is 16.4. The van der Waals surface area contributed by atoms with Crippen molar-refractivity contribution in [2.24, 2.45) is 0 Å². The Kier molecular flexibility index (Phi) is 5.64. The van der Waals surface area contributed by atoms with E-state index in [2.05, 4.69) is 5.16 Å². The van der Waals surface area contributed by atoms with Crippen molar-refractivity contribution in [1.29, 1.82) is 0 Å². The smallest absolute Gasteiger partial charge is 0.246 e. The van der Waals surface area contributed by atoms with Gasteiger partial charge in [-0.2, -0.15) is 4.31 Å². The van der Waals surface area contributed by atoms with Gasteiger partial charge in [0.2, 0.25) is 10.0 Å². The summed E-state index contributed by atoms with van der Waals surface area (Å²) in [6.45, 7) is 3.41. The maximum atomic E-state index is 14.2. The lowest BCUT2D eigenvalue weighted by molar-refractivity contribution is 0.380. The van der Waals surface area contributed by atoms with Crippen LogP contribution in [0.1, 0.15) is 22.6 Å². The van der Waals surface area contributed by atoms with E-state index in [1.165, 1.54) is 22.5 Å². The molecule has 2 aromatic carbocycles. The molecule has 0 N–H and O–H groups in total. The van der Waals surface area contributed by atoms with Crippen LogP contribution in [0, 0.1) is 19.7 Å². The third-order valence-corrected chi connectivity index (χ3v) is 6.47. The highest BCUT2D eigenvalue weighted by Gasteiger charge is 2.29. The molecule has 3 rings (SSSR count). The number of sulfonamides is 1. The Morgan fingerprint density at radius 1 is 1.07 bits per heavy atom. The van der Waals surface area contributed by atoms with Gasteiger partial charge in [0.15, 0.2) is 0 Å². The first kappa shape index (κ1) is 19.5. The standard InChI is InChI=1S/C19H18ClFN2O3S/c1-13-16(14(2)26-22-13)12-23(11-15-7-3-4-8-17(15)20)27(24,25)19-10-6-5-9-18(19)21/h3-10H,11-12H2,1-2H3. The molecule has 3 aromatic rings. The summed E-state index contributed by atoms with van der Waals surface area (Å²) in [4.78, 5) is -0.385. The van der Waals surface area contributed by atoms with Crippen molar-refractivity contribution < 1.29 is 17.3 Å². The lowest BCUT2D eigenvalue weighted by Gasteiger charge is -2.23.